The fourth-order valence-corrected chi connectivity index (χ4v) is 3.73. The highest BCUT2D eigenvalue weighted by molar-refractivity contribution is 7.93. The van der Waals surface area contributed by atoms with Crippen LogP contribution in [0.2, 0.25) is 0 Å². The van der Waals surface area contributed by atoms with E-state index in [4.69, 9.17) is 0 Å². The lowest BCUT2D eigenvalue weighted by molar-refractivity contribution is 0.601. The van der Waals surface area contributed by atoms with Gasteiger partial charge in [0.25, 0.3) is 10.0 Å². The van der Waals surface area contributed by atoms with Crippen molar-refractivity contribution in [1.29, 1.82) is 0 Å². The van der Waals surface area contributed by atoms with Crippen LogP contribution in [0.25, 0.3) is 11.0 Å². The third-order valence-corrected chi connectivity index (χ3v) is 4.91. The number of hydrogen-bond donors (Lipinski definition) is 1. The highest BCUT2D eigenvalue weighted by atomic mass is 32.2. The summed E-state index contributed by atoms with van der Waals surface area (Å²) in [5.74, 6) is 0. The molecular formula is C16H17N3O2S. The molecule has 2 aromatic heterocycles. The summed E-state index contributed by atoms with van der Waals surface area (Å²) in [6.45, 7) is 4.54. The van der Waals surface area contributed by atoms with E-state index in [0.29, 0.717) is 23.3 Å². The molecule has 0 spiro atoms. The summed E-state index contributed by atoms with van der Waals surface area (Å²) in [5.41, 5.74) is 2.23. The van der Waals surface area contributed by atoms with Gasteiger partial charge >= 0.3 is 0 Å². The molecule has 0 aliphatic carbocycles. The van der Waals surface area contributed by atoms with Crippen molar-refractivity contribution >= 4 is 26.7 Å². The van der Waals surface area contributed by atoms with Crippen LogP contribution in [0.5, 0.6) is 0 Å². The summed E-state index contributed by atoms with van der Waals surface area (Å²) >= 11 is 0. The van der Waals surface area contributed by atoms with E-state index in [-0.39, 0.29) is 4.90 Å². The van der Waals surface area contributed by atoms with Gasteiger partial charge in [0.1, 0.15) is 10.5 Å². The lowest BCUT2D eigenvalue weighted by atomic mass is 10.2. The van der Waals surface area contributed by atoms with E-state index < -0.39 is 10.0 Å². The summed E-state index contributed by atoms with van der Waals surface area (Å²) in [4.78, 5) is 4.53. The molecule has 0 unspecified atom stereocenters. The van der Waals surface area contributed by atoms with Crippen molar-refractivity contribution in [2.75, 3.05) is 4.72 Å². The summed E-state index contributed by atoms with van der Waals surface area (Å²) in [7, 11) is -3.66. The summed E-state index contributed by atoms with van der Waals surface area (Å²) in [6, 6.07) is 10.8. The van der Waals surface area contributed by atoms with Crippen LogP contribution in [0.3, 0.4) is 0 Å². The van der Waals surface area contributed by atoms with Crippen LogP contribution >= 0.6 is 0 Å². The van der Waals surface area contributed by atoms with Crippen LogP contribution in [0.1, 0.15) is 12.5 Å². The fourth-order valence-electron chi connectivity index (χ4n) is 2.46. The molecule has 0 aliphatic rings. The largest absolute Gasteiger partial charge is 0.331 e. The SMILES string of the molecule is CCn1cc(S(=O)(=O)Nc2cccc(C)c2)c2cccnc21. The third kappa shape index (κ3) is 2.57. The summed E-state index contributed by atoms with van der Waals surface area (Å²) in [6.07, 6.45) is 3.30. The smallest absolute Gasteiger partial charge is 0.264 e. The lowest BCUT2D eigenvalue weighted by Crippen LogP contribution is -2.12. The molecule has 0 amide bonds. The minimum absolute atomic E-state index is 0.249. The van der Waals surface area contributed by atoms with Crippen molar-refractivity contribution in [2.45, 2.75) is 25.3 Å². The Morgan fingerprint density at radius 2 is 2.05 bits per heavy atom. The number of sulfonamides is 1. The Balaban J connectivity index is 2.10. The third-order valence-electron chi connectivity index (χ3n) is 3.50. The first-order valence-electron chi connectivity index (χ1n) is 7.04. The molecular weight excluding hydrogens is 298 g/mol. The topological polar surface area (TPSA) is 64.0 Å². The van der Waals surface area contributed by atoms with Crippen LogP contribution in [0, 0.1) is 6.92 Å². The van der Waals surface area contributed by atoms with Crippen molar-refractivity contribution in [2.24, 2.45) is 0 Å². The van der Waals surface area contributed by atoms with Gasteiger partial charge in [-0.15, -0.1) is 0 Å². The Labute approximate surface area is 129 Å². The van der Waals surface area contributed by atoms with Gasteiger partial charge in [0.2, 0.25) is 0 Å². The predicted molar refractivity (Wildman–Crippen MR) is 87.4 cm³/mol. The molecule has 0 radical (unpaired) electrons. The first-order valence-corrected chi connectivity index (χ1v) is 8.53. The minimum Gasteiger partial charge on any atom is -0.331 e. The van der Waals surface area contributed by atoms with Gasteiger partial charge in [-0.2, -0.15) is 0 Å². The maximum absolute atomic E-state index is 12.7. The molecule has 0 saturated carbocycles. The molecule has 3 rings (SSSR count). The normalized spacial score (nSPS) is 11.7. The standard InChI is InChI=1S/C16H17N3O2S/c1-3-19-11-15(14-8-5-9-17-16(14)19)22(20,21)18-13-7-4-6-12(2)10-13/h4-11,18H,3H2,1-2H3. The van der Waals surface area contributed by atoms with Crippen molar-refractivity contribution in [3.8, 4) is 0 Å². The number of hydrogen-bond acceptors (Lipinski definition) is 3. The molecule has 6 heteroatoms. The average Bonchev–Trinajstić information content (AvgIpc) is 2.86. The van der Waals surface area contributed by atoms with Gasteiger partial charge in [0, 0.05) is 30.0 Å². The Hall–Kier alpha value is -2.34. The number of rotatable bonds is 4. The zero-order chi connectivity index (χ0) is 15.7. The monoisotopic (exact) mass is 315 g/mol. The Bertz CT molecular complexity index is 929. The molecule has 1 aromatic carbocycles. The van der Waals surface area contributed by atoms with E-state index in [1.165, 1.54) is 0 Å². The van der Waals surface area contributed by atoms with Gasteiger partial charge in [-0.1, -0.05) is 12.1 Å². The predicted octanol–water partition coefficient (Wildman–Crippen LogP) is 3.17. The number of benzene rings is 1. The van der Waals surface area contributed by atoms with E-state index >= 15 is 0 Å². The molecule has 0 fully saturated rings. The fraction of sp³-hybridized carbons (Fsp3) is 0.188. The van der Waals surface area contributed by atoms with Gasteiger partial charge in [-0.25, -0.2) is 13.4 Å². The minimum atomic E-state index is -3.66. The second-order valence-corrected chi connectivity index (χ2v) is 6.78. The lowest BCUT2D eigenvalue weighted by Gasteiger charge is -2.07. The maximum Gasteiger partial charge on any atom is 0.264 e. The molecule has 2 heterocycles. The Morgan fingerprint density at radius 3 is 2.77 bits per heavy atom. The second kappa shape index (κ2) is 5.46. The van der Waals surface area contributed by atoms with Gasteiger partial charge in [0.05, 0.1) is 0 Å². The summed E-state index contributed by atoms with van der Waals surface area (Å²) in [5, 5.41) is 0.629. The molecule has 3 aromatic rings. The second-order valence-electron chi connectivity index (χ2n) is 5.13. The van der Waals surface area contributed by atoms with E-state index in [2.05, 4.69) is 9.71 Å². The molecule has 22 heavy (non-hydrogen) atoms. The van der Waals surface area contributed by atoms with Gasteiger partial charge in [-0.05, 0) is 43.7 Å². The molecule has 5 nitrogen and oxygen atoms in total. The Kier molecular flexibility index (Phi) is 3.62. The number of nitrogens with one attached hydrogen (secondary N) is 1. The molecule has 1 N–H and O–H groups in total. The zero-order valence-corrected chi connectivity index (χ0v) is 13.3. The molecule has 0 bridgehead atoms. The summed E-state index contributed by atoms with van der Waals surface area (Å²) < 4.78 is 29.9. The number of pyridine rings is 1. The molecule has 0 atom stereocenters. The highest BCUT2D eigenvalue weighted by Crippen LogP contribution is 2.26. The average molecular weight is 315 g/mol. The first kappa shape index (κ1) is 14.6. The molecule has 114 valence electrons. The quantitative estimate of drug-likeness (QED) is 0.804. The van der Waals surface area contributed by atoms with Gasteiger partial charge in [-0.3, -0.25) is 4.72 Å². The van der Waals surface area contributed by atoms with Gasteiger partial charge < -0.3 is 4.57 Å². The van der Waals surface area contributed by atoms with E-state index in [0.717, 1.165) is 5.56 Å². The highest BCUT2D eigenvalue weighted by Gasteiger charge is 2.21. The van der Waals surface area contributed by atoms with Crippen LogP contribution in [0.15, 0.2) is 53.7 Å². The van der Waals surface area contributed by atoms with E-state index in [1.54, 1.807) is 36.7 Å². The van der Waals surface area contributed by atoms with Gasteiger partial charge in [0.15, 0.2) is 0 Å². The van der Waals surface area contributed by atoms with Crippen molar-refractivity contribution in [1.82, 2.24) is 9.55 Å². The first-order chi connectivity index (χ1) is 10.5. The maximum atomic E-state index is 12.7. The van der Waals surface area contributed by atoms with Crippen molar-refractivity contribution < 1.29 is 8.42 Å². The van der Waals surface area contributed by atoms with Crippen molar-refractivity contribution in [3.63, 3.8) is 0 Å². The number of fused-ring (bicyclic) bond motifs is 1. The number of nitrogens with zero attached hydrogens (tertiary/aromatic N) is 2. The van der Waals surface area contributed by atoms with Crippen LogP contribution in [0.4, 0.5) is 5.69 Å². The zero-order valence-electron chi connectivity index (χ0n) is 12.4. The van der Waals surface area contributed by atoms with Crippen LogP contribution in [-0.4, -0.2) is 18.0 Å². The number of aromatic nitrogens is 2. The van der Waals surface area contributed by atoms with Crippen molar-refractivity contribution in [3.05, 3.63) is 54.4 Å². The van der Waals surface area contributed by atoms with Crippen LogP contribution in [-0.2, 0) is 16.6 Å². The van der Waals surface area contributed by atoms with Crippen LogP contribution < -0.4 is 4.72 Å². The van der Waals surface area contributed by atoms with E-state index in [9.17, 15) is 8.42 Å². The molecule has 0 saturated heterocycles. The van der Waals surface area contributed by atoms with E-state index in [1.807, 2.05) is 30.5 Å². The Morgan fingerprint density at radius 1 is 1.23 bits per heavy atom. The number of anilines is 1. The number of aryl methyl sites for hydroxylation is 2. The molecule has 0 aliphatic heterocycles.